The topological polar surface area (TPSA) is 82.8 Å². The fourth-order valence-corrected chi connectivity index (χ4v) is 2.18. The van der Waals surface area contributed by atoms with Crippen molar-refractivity contribution in [1.82, 2.24) is 0 Å². The minimum absolute atomic E-state index is 0. The number of carbonyl (C=O) groups is 1. The molecule has 0 fully saturated rings. The number of ether oxygens (including phenoxy) is 3. The number of hydrogen-bond acceptors (Lipinski definition) is 5. The van der Waals surface area contributed by atoms with Crippen molar-refractivity contribution in [2.75, 3.05) is 25.3 Å². The molecule has 2 rings (SSSR count). The highest BCUT2D eigenvalue weighted by molar-refractivity contribution is 6.05. The highest BCUT2D eigenvalue weighted by Crippen LogP contribution is 2.30. The van der Waals surface area contributed by atoms with Gasteiger partial charge in [0.15, 0.2) is 11.5 Å². The maximum atomic E-state index is 12.4. The van der Waals surface area contributed by atoms with Crippen LogP contribution in [0.5, 0.6) is 17.2 Å². The molecular weight excluding hydrogens is 344 g/mol. The summed E-state index contributed by atoms with van der Waals surface area (Å²) in [6, 6.07) is 10.1. The van der Waals surface area contributed by atoms with Crippen molar-refractivity contribution in [2.24, 2.45) is 0 Å². The number of benzene rings is 2. The lowest BCUT2D eigenvalue weighted by Gasteiger charge is -2.14. The summed E-state index contributed by atoms with van der Waals surface area (Å²) in [6.07, 6.45) is 0.0147. The van der Waals surface area contributed by atoms with Gasteiger partial charge < -0.3 is 25.3 Å². The second-order valence-corrected chi connectivity index (χ2v) is 5.44. The van der Waals surface area contributed by atoms with Crippen LogP contribution in [0.4, 0.5) is 11.4 Å². The maximum Gasteiger partial charge on any atom is 0.255 e. The Morgan fingerprint density at radius 1 is 1.00 bits per heavy atom. The number of nitrogen functional groups attached to an aromatic ring is 1. The first-order chi connectivity index (χ1) is 11.4. The SMILES string of the molecule is COc1ccc(NC(=O)c2ccc(OC(C)C)c(OC)c2)cc1N.Cl. The molecule has 2 aromatic carbocycles. The standard InChI is InChI=1S/C18H22N2O4.ClH/c1-11(2)24-16-7-5-12(9-17(16)23-4)18(21)20-13-6-8-15(22-3)14(19)10-13;/h5-11H,19H2,1-4H3,(H,20,21);1H. The van der Waals surface area contributed by atoms with Crippen LogP contribution in [0.1, 0.15) is 24.2 Å². The summed E-state index contributed by atoms with van der Waals surface area (Å²) in [4.78, 5) is 12.4. The molecule has 6 nitrogen and oxygen atoms in total. The van der Waals surface area contributed by atoms with Crippen LogP contribution in [0.25, 0.3) is 0 Å². The third-order valence-corrected chi connectivity index (χ3v) is 3.28. The first-order valence-corrected chi connectivity index (χ1v) is 7.54. The van der Waals surface area contributed by atoms with Crippen molar-refractivity contribution in [2.45, 2.75) is 20.0 Å². The second kappa shape index (κ2) is 9.03. The summed E-state index contributed by atoms with van der Waals surface area (Å²) >= 11 is 0. The number of hydrogen-bond donors (Lipinski definition) is 2. The quantitative estimate of drug-likeness (QED) is 0.761. The molecule has 0 unspecified atom stereocenters. The smallest absolute Gasteiger partial charge is 0.255 e. The van der Waals surface area contributed by atoms with Crippen LogP contribution >= 0.6 is 12.4 Å². The summed E-state index contributed by atoms with van der Waals surface area (Å²) in [7, 11) is 3.07. The number of halogens is 1. The van der Waals surface area contributed by atoms with Crippen molar-refractivity contribution in [3.63, 3.8) is 0 Å². The van der Waals surface area contributed by atoms with E-state index in [-0.39, 0.29) is 24.4 Å². The van der Waals surface area contributed by atoms with E-state index in [1.54, 1.807) is 36.4 Å². The number of nitrogens with two attached hydrogens (primary N) is 1. The molecule has 0 aliphatic heterocycles. The third-order valence-electron chi connectivity index (χ3n) is 3.28. The number of nitrogens with one attached hydrogen (secondary N) is 1. The highest BCUT2D eigenvalue weighted by Gasteiger charge is 2.13. The maximum absolute atomic E-state index is 12.4. The van der Waals surface area contributed by atoms with Crippen molar-refractivity contribution >= 4 is 29.7 Å². The normalized spacial score (nSPS) is 9.96. The largest absolute Gasteiger partial charge is 0.495 e. The summed E-state index contributed by atoms with van der Waals surface area (Å²) in [5.74, 6) is 1.39. The number of anilines is 2. The van der Waals surface area contributed by atoms with E-state index in [1.165, 1.54) is 14.2 Å². The monoisotopic (exact) mass is 366 g/mol. The molecule has 25 heavy (non-hydrogen) atoms. The van der Waals surface area contributed by atoms with Crippen LogP contribution in [-0.2, 0) is 0 Å². The van der Waals surface area contributed by atoms with Gasteiger partial charge in [-0.05, 0) is 50.2 Å². The molecule has 0 bridgehead atoms. The Morgan fingerprint density at radius 3 is 2.20 bits per heavy atom. The zero-order chi connectivity index (χ0) is 17.7. The third kappa shape index (κ3) is 5.19. The molecule has 0 atom stereocenters. The van der Waals surface area contributed by atoms with E-state index < -0.39 is 0 Å². The van der Waals surface area contributed by atoms with Gasteiger partial charge in [-0.3, -0.25) is 4.79 Å². The van der Waals surface area contributed by atoms with Gasteiger partial charge >= 0.3 is 0 Å². The van der Waals surface area contributed by atoms with Gasteiger partial charge in [0.05, 0.1) is 26.0 Å². The number of methoxy groups -OCH3 is 2. The molecule has 0 aromatic heterocycles. The van der Waals surface area contributed by atoms with E-state index in [0.29, 0.717) is 34.2 Å². The Hall–Kier alpha value is -2.60. The molecular formula is C18H23ClN2O4. The molecule has 0 radical (unpaired) electrons. The fourth-order valence-electron chi connectivity index (χ4n) is 2.18. The van der Waals surface area contributed by atoms with E-state index in [4.69, 9.17) is 19.9 Å². The van der Waals surface area contributed by atoms with E-state index >= 15 is 0 Å². The van der Waals surface area contributed by atoms with Crippen LogP contribution in [0.15, 0.2) is 36.4 Å². The van der Waals surface area contributed by atoms with Crippen LogP contribution in [0.3, 0.4) is 0 Å². The van der Waals surface area contributed by atoms with Gasteiger partial charge in [-0.25, -0.2) is 0 Å². The Bertz CT molecular complexity index is 735. The molecule has 136 valence electrons. The Kier molecular flexibility index (Phi) is 7.39. The van der Waals surface area contributed by atoms with E-state index in [9.17, 15) is 4.79 Å². The predicted molar refractivity (Wildman–Crippen MR) is 101 cm³/mol. The summed E-state index contributed by atoms with van der Waals surface area (Å²) < 4.78 is 16.0. The van der Waals surface area contributed by atoms with Crippen molar-refractivity contribution in [3.8, 4) is 17.2 Å². The first-order valence-electron chi connectivity index (χ1n) is 7.54. The van der Waals surface area contributed by atoms with Crippen LogP contribution in [0.2, 0.25) is 0 Å². The van der Waals surface area contributed by atoms with Crippen molar-refractivity contribution in [3.05, 3.63) is 42.0 Å². The van der Waals surface area contributed by atoms with Crippen molar-refractivity contribution < 1.29 is 19.0 Å². The molecule has 0 aliphatic rings. The van der Waals surface area contributed by atoms with Crippen LogP contribution in [0, 0.1) is 0 Å². The molecule has 0 saturated heterocycles. The zero-order valence-corrected chi connectivity index (χ0v) is 15.5. The van der Waals surface area contributed by atoms with Gasteiger partial charge in [0, 0.05) is 11.3 Å². The van der Waals surface area contributed by atoms with Gasteiger partial charge in [-0.2, -0.15) is 0 Å². The number of carbonyl (C=O) groups excluding carboxylic acids is 1. The summed E-state index contributed by atoms with van der Waals surface area (Å²) in [5, 5.41) is 2.79. The van der Waals surface area contributed by atoms with Gasteiger partial charge in [0.2, 0.25) is 0 Å². The summed E-state index contributed by atoms with van der Waals surface area (Å²) in [6.45, 7) is 3.85. The minimum atomic E-state index is -0.269. The molecule has 7 heteroatoms. The highest BCUT2D eigenvalue weighted by atomic mass is 35.5. The number of rotatable bonds is 6. The Balaban J connectivity index is 0.00000312. The van der Waals surface area contributed by atoms with Gasteiger partial charge in [-0.15, -0.1) is 12.4 Å². The van der Waals surface area contributed by atoms with Gasteiger partial charge in [-0.1, -0.05) is 0 Å². The first kappa shape index (κ1) is 20.4. The fraction of sp³-hybridized carbons (Fsp3) is 0.278. The molecule has 0 aliphatic carbocycles. The average molecular weight is 367 g/mol. The lowest BCUT2D eigenvalue weighted by Crippen LogP contribution is -2.13. The van der Waals surface area contributed by atoms with E-state index in [0.717, 1.165) is 0 Å². The predicted octanol–water partition coefficient (Wildman–Crippen LogP) is 3.75. The molecule has 0 spiro atoms. The molecule has 0 heterocycles. The van der Waals surface area contributed by atoms with Gasteiger partial charge in [0.1, 0.15) is 5.75 Å². The lowest BCUT2D eigenvalue weighted by atomic mass is 10.1. The number of amides is 1. The zero-order valence-electron chi connectivity index (χ0n) is 14.7. The minimum Gasteiger partial charge on any atom is -0.495 e. The molecule has 1 amide bonds. The van der Waals surface area contributed by atoms with Crippen LogP contribution < -0.4 is 25.3 Å². The molecule has 2 aromatic rings. The summed E-state index contributed by atoms with van der Waals surface area (Å²) in [5.41, 5.74) is 7.34. The van der Waals surface area contributed by atoms with E-state index in [1.807, 2.05) is 13.8 Å². The second-order valence-electron chi connectivity index (χ2n) is 5.44. The average Bonchev–Trinajstić information content (AvgIpc) is 2.54. The van der Waals surface area contributed by atoms with Gasteiger partial charge in [0.25, 0.3) is 5.91 Å². The van der Waals surface area contributed by atoms with E-state index in [2.05, 4.69) is 5.32 Å². The Labute approximate surface area is 153 Å². The molecule has 0 saturated carbocycles. The lowest BCUT2D eigenvalue weighted by molar-refractivity contribution is 0.102. The molecule has 3 N–H and O–H groups in total. The van der Waals surface area contributed by atoms with Crippen LogP contribution in [-0.4, -0.2) is 26.2 Å². The van der Waals surface area contributed by atoms with Crippen molar-refractivity contribution in [1.29, 1.82) is 0 Å². The Morgan fingerprint density at radius 2 is 1.64 bits per heavy atom.